The third kappa shape index (κ3) is 4.92. The zero-order valence-corrected chi connectivity index (χ0v) is 27.4. The summed E-state index contributed by atoms with van der Waals surface area (Å²) in [6.45, 7) is 9.72. The first-order valence-electron chi connectivity index (χ1n) is 14.8. The van der Waals surface area contributed by atoms with Gasteiger partial charge in [0.15, 0.2) is 0 Å². The molecule has 1 saturated heterocycles. The van der Waals surface area contributed by atoms with Gasteiger partial charge < -0.3 is 24.8 Å². The number of benzene rings is 4. The average molecular weight is 613 g/mol. The van der Waals surface area contributed by atoms with Gasteiger partial charge in [-0.05, 0) is 0 Å². The van der Waals surface area contributed by atoms with Gasteiger partial charge in [-0.1, -0.05) is 0 Å². The molecule has 0 N–H and O–H groups in total. The van der Waals surface area contributed by atoms with E-state index in [1.165, 1.54) is 42.8 Å². The molecule has 2 unspecified atom stereocenters. The summed E-state index contributed by atoms with van der Waals surface area (Å²) in [4.78, 5) is 0. The third-order valence-corrected chi connectivity index (χ3v) is 17.9. The Morgan fingerprint density at radius 1 is 0.512 bits per heavy atom. The van der Waals surface area contributed by atoms with Crippen molar-refractivity contribution >= 4 is 12.2 Å². The molecule has 4 aromatic carbocycles. The van der Waals surface area contributed by atoms with Crippen LogP contribution < -0.4 is 24.8 Å². The number of halogens is 2. The van der Waals surface area contributed by atoms with Gasteiger partial charge in [0.05, 0.1) is 0 Å². The molecule has 2 aliphatic carbocycles. The van der Waals surface area contributed by atoms with Gasteiger partial charge >= 0.3 is 239 Å². The second-order valence-corrected chi connectivity index (χ2v) is 19.8. The summed E-state index contributed by atoms with van der Waals surface area (Å²) in [6, 6.07) is 36.4. The zero-order chi connectivity index (χ0) is 26.7. The zero-order valence-electron chi connectivity index (χ0n) is 24.4. The standard InChI is InChI=1S/2C18H17.C2H4.2ClH.Ti/c2*1-13(2)16-11-15-9-6-10-17(18(15)12-16)14-7-4-3-5-8-14;1-2;;;/h2*3-13H,1-2H3;1-2H2;2*1H;/q;;;;;+2/p-2. The van der Waals surface area contributed by atoms with Gasteiger partial charge in [0.1, 0.15) is 0 Å². The first-order valence-corrected chi connectivity index (χ1v) is 18.8. The fourth-order valence-corrected chi connectivity index (χ4v) is 18.5. The Bertz CT molecular complexity index is 1490. The molecule has 41 heavy (non-hydrogen) atoms. The van der Waals surface area contributed by atoms with Crippen molar-refractivity contribution in [2.45, 2.75) is 45.6 Å². The minimum Gasteiger partial charge on any atom is -1.00 e. The van der Waals surface area contributed by atoms with Crippen molar-refractivity contribution in [1.82, 2.24) is 0 Å². The molecule has 0 nitrogen and oxygen atoms in total. The van der Waals surface area contributed by atoms with Crippen LogP contribution in [0.2, 0.25) is 9.45 Å². The maximum atomic E-state index is 2.62. The van der Waals surface area contributed by atoms with Crippen LogP contribution in [-0.4, -0.2) is 0 Å². The normalized spacial score (nSPS) is 18.8. The Kier molecular flexibility index (Phi) is 8.62. The topological polar surface area (TPSA) is 0 Å². The van der Waals surface area contributed by atoms with Crippen molar-refractivity contribution in [1.29, 1.82) is 0 Å². The van der Waals surface area contributed by atoms with Crippen LogP contribution in [0.15, 0.2) is 108 Å². The fourth-order valence-electron chi connectivity index (χ4n) is 7.76. The number of hydrogen-bond acceptors (Lipinski definition) is 0. The Labute approximate surface area is 262 Å². The van der Waals surface area contributed by atoms with E-state index in [1.807, 2.05) is 0 Å². The Hall–Kier alpha value is -2.35. The van der Waals surface area contributed by atoms with Crippen LogP contribution in [0.4, 0.5) is 0 Å². The van der Waals surface area contributed by atoms with E-state index in [1.54, 1.807) is 22.3 Å². The molecule has 1 heterocycles. The van der Waals surface area contributed by atoms with E-state index in [0.29, 0.717) is 20.3 Å². The van der Waals surface area contributed by atoms with E-state index in [-0.39, 0.29) is 24.8 Å². The molecular weight excluding hydrogens is 575 g/mol. The molecule has 1 fully saturated rings. The Balaban J connectivity index is 0.00000169. The van der Waals surface area contributed by atoms with Crippen LogP contribution >= 0.6 is 0 Å². The maximum Gasteiger partial charge on any atom is -1.00 e. The van der Waals surface area contributed by atoms with Crippen LogP contribution in [0, 0.1) is 11.8 Å². The van der Waals surface area contributed by atoms with E-state index in [2.05, 4.69) is 137 Å². The Morgan fingerprint density at radius 2 is 0.902 bits per heavy atom. The third-order valence-electron chi connectivity index (χ3n) is 9.67. The SMILES string of the molecule is CC(C)C1=Cc2c(-c3ccccc3)cccc2[CH]1[Ti+2]1([CH]2C(C(C)C)=Cc3c(-c4ccccc4)cccc32)[CH2][CH2]1.[Cl-].[Cl-]. The molecule has 2 atom stereocenters. The number of hydrogen-bond donors (Lipinski definition) is 0. The van der Waals surface area contributed by atoms with Crippen molar-refractivity contribution in [2.24, 2.45) is 11.8 Å². The van der Waals surface area contributed by atoms with E-state index >= 15 is 0 Å². The van der Waals surface area contributed by atoms with E-state index < -0.39 is 16.6 Å². The van der Waals surface area contributed by atoms with Gasteiger partial charge in [0.2, 0.25) is 0 Å². The molecule has 1 aliphatic heterocycles. The molecule has 3 heteroatoms. The van der Waals surface area contributed by atoms with Gasteiger partial charge in [-0.15, -0.1) is 0 Å². The second kappa shape index (κ2) is 11.7. The maximum absolute atomic E-state index is 2.62. The molecule has 4 aromatic rings. The molecule has 0 amide bonds. The molecule has 0 aromatic heterocycles. The average Bonchev–Trinajstić information content (AvgIpc) is 3.47. The van der Waals surface area contributed by atoms with E-state index in [0.717, 1.165) is 0 Å². The summed E-state index contributed by atoms with van der Waals surface area (Å²) >= 11 is -2.41. The smallest absolute Gasteiger partial charge is 1.00 e. The predicted octanol–water partition coefficient (Wildman–Crippen LogP) is 4.92. The minimum atomic E-state index is -2.41. The predicted molar refractivity (Wildman–Crippen MR) is 164 cm³/mol. The molecular formula is C38H38Cl2Ti. The Morgan fingerprint density at radius 3 is 1.24 bits per heavy atom. The molecule has 3 aliphatic rings. The molecule has 0 saturated carbocycles. The fraction of sp³-hybridized carbons (Fsp3) is 0.263. The van der Waals surface area contributed by atoms with Gasteiger partial charge in [-0.2, -0.15) is 0 Å². The quantitative estimate of drug-likeness (QED) is 0.271. The number of allylic oxidation sites excluding steroid dienone is 2. The summed E-state index contributed by atoms with van der Waals surface area (Å²) in [5, 5.41) is 0. The molecule has 0 spiro atoms. The van der Waals surface area contributed by atoms with Crippen LogP contribution in [0.25, 0.3) is 34.4 Å². The van der Waals surface area contributed by atoms with Crippen molar-refractivity contribution in [3.8, 4) is 22.3 Å². The summed E-state index contributed by atoms with van der Waals surface area (Å²) in [6.07, 6.45) is 5.24. The first-order chi connectivity index (χ1) is 19.0. The number of fused-ring (bicyclic) bond motifs is 2. The summed E-state index contributed by atoms with van der Waals surface area (Å²) < 4.78 is 4.27. The van der Waals surface area contributed by atoms with Gasteiger partial charge in [0, 0.05) is 0 Å². The first kappa shape index (κ1) is 30.1. The van der Waals surface area contributed by atoms with Gasteiger partial charge in [-0.3, -0.25) is 0 Å². The summed E-state index contributed by atoms with van der Waals surface area (Å²) in [5.41, 5.74) is 15.2. The molecule has 7 rings (SSSR count). The van der Waals surface area contributed by atoms with Crippen LogP contribution in [0.5, 0.6) is 0 Å². The van der Waals surface area contributed by atoms with E-state index in [9.17, 15) is 0 Å². The van der Waals surface area contributed by atoms with Crippen LogP contribution in [-0.2, 0) is 16.6 Å². The molecule has 0 radical (unpaired) electrons. The molecule has 0 bridgehead atoms. The monoisotopic (exact) mass is 612 g/mol. The van der Waals surface area contributed by atoms with Gasteiger partial charge in [-0.25, -0.2) is 0 Å². The van der Waals surface area contributed by atoms with E-state index in [4.69, 9.17) is 0 Å². The molecule has 208 valence electrons. The van der Waals surface area contributed by atoms with Gasteiger partial charge in [0.25, 0.3) is 0 Å². The van der Waals surface area contributed by atoms with Crippen molar-refractivity contribution < 1.29 is 41.4 Å². The van der Waals surface area contributed by atoms with Crippen LogP contribution in [0.3, 0.4) is 0 Å². The van der Waals surface area contributed by atoms with Crippen molar-refractivity contribution in [3.05, 3.63) is 130 Å². The minimum absolute atomic E-state index is 0. The summed E-state index contributed by atoms with van der Waals surface area (Å²) in [7, 11) is 0. The second-order valence-electron chi connectivity index (χ2n) is 12.5. The van der Waals surface area contributed by atoms with Crippen molar-refractivity contribution in [3.63, 3.8) is 0 Å². The van der Waals surface area contributed by atoms with Crippen molar-refractivity contribution in [2.75, 3.05) is 0 Å². The largest absolute Gasteiger partial charge is 1.00 e. The van der Waals surface area contributed by atoms with Crippen LogP contribution in [0.1, 0.15) is 58.4 Å². The summed E-state index contributed by atoms with van der Waals surface area (Å²) in [5.74, 6) is 1.13. The number of rotatable bonds is 6.